The SMILES string of the molecule is COc1ccccc1Nc1nc(Nc2ccc(F)cc2)nc(N2CCOCC2)n1.Cl. The summed E-state index contributed by atoms with van der Waals surface area (Å²) in [6, 6.07) is 13.5. The maximum Gasteiger partial charge on any atom is 0.233 e. The predicted octanol–water partition coefficient (Wildman–Crippen LogP) is 3.76. The molecule has 8 nitrogen and oxygen atoms in total. The standard InChI is InChI=1S/C20H21FN6O2.ClH/c1-28-17-5-3-2-4-16(17)23-19-24-18(22-15-8-6-14(21)7-9-15)25-20(26-19)27-10-12-29-13-11-27;/h2-9H,10-13H2,1H3,(H2,22,23,24,25,26);1H. The first kappa shape index (κ1) is 21.5. The summed E-state index contributed by atoms with van der Waals surface area (Å²) in [6.45, 7) is 2.60. The molecule has 2 aromatic carbocycles. The van der Waals surface area contributed by atoms with Gasteiger partial charge in [-0.25, -0.2) is 4.39 Å². The van der Waals surface area contributed by atoms with Crippen molar-refractivity contribution in [3.63, 3.8) is 0 Å². The molecule has 3 aromatic rings. The van der Waals surface area contributed by atoms with E-state index in [-0.39, 0.29) is 18.2 Å². The second-order valence-electron chi connectivity index (χ2n) is 6.34. The first-order chi connectivity index (χ1) is 14.2. The van der Waals surface area contributed by atoms with Gasteiger partial charge in [-0.2, -0.15) is 15.0 Å². The van der Waals surface area contributed by atoms with Gasteiger partial charge in [0.25, 0.3) is 0 Å². The largest absolute Gasteiger partial charge is 0.495 e. The van der Waals surface area contributed by atoms with Crippen molar-refractivity contribution in [1.82, 2.24) is 15.0 Å². The van der Waals surface area contributed by atoms with Crippen molar-refractivity contribution in [2.24, 2.45) is 0 Å². The lowest BCUT2D eigenvalue weighted by molar-refractivity contribution is 0.122. The maximum absolute atomic E-state index is 13.2. The minimum atomic E-state index is -0.307. The summed E-state index contributed by atoms with van der Waals surface area (Å²) < 4.78 is 24.0. The van der Waals surface area contributed by atoms with E-state index in [1.165, 1.54) is 12.1 Å². The zero-order chi connectivity index (χ0) is 20.1. The average molecular weight is 433 g/mol. The molecule has 0 saturated carbocycles. The van der Waals surface area contributed by atoms with E-state index in [0.29, 0.717) is 55.6 Å². The quantitative estimate of drug-likeness (QED) is 0.609. The molecule has 0 radical (unpaired) electrons. The zero-order valence-corrected chi connectivity index (χ0v) is 17.2. The molecule has 0 atom stereocenters. The molecule has 1 saturated heterocycles. The fraction of sp³-hybridized carbons (Fsp3) is 0.250. The van der Waals surface area contributed by atoms with Gasteiger partial charge in [-0.3, -0.25) is 0 Å². The Hall–Kier alpha value is -3.17. The van der Waals surface area contributed by atoms with Crippen molar-refractivity contribution in [3.8, 4) is 5.75 Å². The lowest BCUT2D eigenvalue weighted by Gasteiger charge is -2.27. The molecule has 1 aliphatic heterocycles. The smallest absolute Gasteiger partial charge is 0.233 e. The van der Waals surface area contributed by atoms with E-state index in [9.17, 15) is 4.39 Å². The topological polar surface area (TPSA) is 84.4 Å². The second kappa shape index (κ2) is 10.0. The van der Waals surface area contributed by atoms with Crippen LogP contribution >= 0.6 is 12.4 Å². The van der Waals surface area contributed by atoms with Gasteiger partial charge >= 0.3 is 0 Å². The summed E-state index contributed by atoms with van der Waals surface area (Å²) in [6.07, 6.45) is 0. The van der Waals surface area contributed by atoms with Crippen LogP contribution in [0.3, 0.4) is 0 Å². The highest BCUT2D eigenvalue weighted by atomic mass is 35.5. The zero-order valence-electron chi connectivity index (χ0n) is 16.3. The normalized spacial score (nSPS) is 13.3. The lowest BCUT2D eigenvalue weighted by atomic mass is 10.3. The van der Waals surface area contributed by atoms with Gasteiger partial charge in [0, 0.05) is 18.8 Å². The third kappa shape index (κ3) is 5.25. The summed E-state index contributed by atoms with van der Waals surface area (Å²) in [5.74, 6) is 1.62. The van der Waals surface area contributed by atoms with Crippen molar-refractivity contribution < 1.29 is 13.9 Å². The summed E-state index contributed by atoms with van der Waals surface area (Å²) in [7, 11) is 1.61. The van der Waals surface area contributed by atoms with Crippen molar-refractivity contribution in [2.75, 3.05) is 48.9 Å². The molecule has 0 spiro atoms. The van der Waals surface area contributed by atoms with Gasteiger partial charge in [0.15, 0.2) is 0 Å². The predicted molar refractivity (Wildman–Crippen MR) is 116 cm³/mol. The molecular formula is C20H22ClFN6O2. The molecular weight excluding hydrogens is 411 g/mol. The molecule has 4 rings (SSSR count). The number of morpholine rings is 1. The Morgan fingerprint density at radius 2 is 1.60 bits per heavy atom. The number of rotatable bonds is 6. The van der Waals surface area contributed by atoms with Gasteiger partial charge in [-0.15, -0.1) is 12.4 Å². The average Bonchev–Trinajstić information content (AvgIpc) is 2.76. The number of benzene rings is 2. The van der Waals surface area contributed by atoms with Crippen molar-refractivity contribution >= 4 is 41.6 Å². The summed E-state index contributed by atoms with van der Waals surface area (Å²) >= 11 is 0. The van der Waals surface area contributed by atoms with Gasteiger partial charge in [-0.1, -0.05) is 12.1 Å². The Morgan fingerprint density at radius 3 is 2.30 bits per heavy atom. The number of nitrogens with zero attached hydrogens (tertiary/aromatic N) is 4. The summed E-state index contributed by atoms with van der Waals surface area (Å²) in [4.78, 5) is 15.6. The van der Waals surface area contributed by atoms with Gasteiger partial charge in [-0.05, 0) is 36.4 Å². The number of hydrogen-bond acceptors (Lipinski definition) is 8. The van der Waals surface area contributed by atoms with Crippen LogP contribution in [0.1, 0.15) is 0 Å². The van der Waals surface area contributed by atoms with Crippen LogP contribution in [0.15, 0.2) is 48.5 Å². The van der Waals surface area contributed by atoms with E-state index in [1.54, 1.807) is 19.2 Å². The third-order valence-electron chi connectivity index (χ3n) is 4.37. The number of anilines is 5. The maximum atomic E-state index is 13.2. The van der Waals surface area contributed by atoms with E-state index in [4.69, 9.17) is 9.47 Å². The highest BCUT2D eigenvalue weighted by Crippen LogP contribution is 2.27. The van der Waals surface area contributed by atoms with Gasteiger partial charge in [0.05, 0.1) is 26.0 Å². The number of hydrogen-bond donors (Lipinski definition) is 2. The van der Waals surface area contributed by atoms with Crippen LogP contribution < -0.4 is 20.3 Å². The van der Waals surface area contributed by atoms with E-state index >= 15 is 0 Å². The first-order valence-corrected chi connectivity index (χ1v) is 9.23. The van der Waals surface area contributed by atoms with Crippen LogP contribution in [-0.2, 0) is 4.74 Å². The number of para-hydroxylation sites is 2. The van der Waals surface area contributed by atoms with Crippen LogP contribution in [0.4, 0.5) is 33.6 Å². The summed E-state index contributed by atoms with van der Waals surface area (Å²) in [5.41, 5.74) is 1.41. The molecule has 158 valence electrons. The minimum absolute atomic E-state index is 0. The molecule has 1 aliphatic rings. The van der Waals surface area contributed by atoms with E-state index in [1.807, 2.05) is 29.2 Å². The number of halogens is 2. The number of aromatic nitrogens is 3. The van der Waals surface area contributed by atoms with Crippen LogP contribution in [0.5, 0.6) is 5.75 Å². The minimum Gasteiger partial charge on any atom is -0.495 e. The monoisotopic (exact) mass is 432 g/mol. The highest BCUT2D eigenvalue weighted by molar-refractivity contribution is 5.85. The fourth-order valence-electron chi connectivity index (χ4n) is 2.91. The third-order valence-corrected chi connectivity index (χ3v) is 4.37. The highest BCUT2D eigenvalue weighted by Gasteiger charge is 2.17. The van der Waals surface area contributed by atoms with Crippen molar-refractivity contribution in [2.45, 2.75) is 0 Å². The molecule has 2 N–H and O–H groups in total. The fourth-order valence-corrected chi connectivity index (χ4v) is 2.91. The van der Waals surface area contributed by atoms with Gasteiger partial charge in [0.1, 0.15) is 11.6 Å². The molecule has 10 heteroatoms. The lowest BCUT2D eigenvalue weighted by Crippen LogP contribution is -2.37. The Labute approximate surface area is 179 Å². The number of methoxy groups -OCH3 is 1. The molecule has 0 aliphatic carbocycles. The van der Waals surface area contributed by atoms with E-state index in [0.717, 1.165) is 5.69 Å². The van der Waals surface area contributed by atoms with E-state index < -0.39 is 0 Å². The van der Waals surface area contributed by atoms with Gasteiger partial charge < -0.3 is 25.0 Å². The molecule has 2 heterocycles. The van der Waals surface area contributed by atoms with Crippen LogP contribution in [0.25, 0.3) is 0 Å². The Balaban J connectivity index is 0.00000256. The Kier molecular flexibility index (Phi) is 7.21. The van der Waals surface area contributed by atoms with Crippen LogP contribution in [0.2, 0.25) is 0 Å². The van der Waals surface area contributed by atoms with Gasteiger partial charge in [0.2, 0.25) is 17.8 Å². The van der Waals surface area contributed by atoms with Crippen molar-refractivity contribution in [1.29, 1.82) is 0 Å². The Bertz CT molecular complexity index is 970. The van der Waals surface area contributed by atoms with Crippen molar-refractivity contribution in [3.05, 3.63) is 54.3 Å². The second-order valence-corrected chi connectivity index (χ2v) is 6.34. The molecule has 0 amide bonds. The summed E-state index contributed by atoms with van der Waals surface area (Å²) in [5, 5.41) is 6.30. The van der Waals surface area contributed by atoms with Crippen LogP contribution in [-0.4, -0.2) is 48.4 Å². The number of ether oxygens (including phenoxy) is 2. The molecule has 1 fully saturated rings. The molecule has 0 bridgehead atoms. The van der Waals surface area contributed by atoms with E-state index in [2.05, 4.69) is 25.6 Å². The van der Waals surface area contributed by atoms with Crippen LogP contribution in [0, 0.1) is 5.82 Å². The molecule has 30 heavy (non-hydrogen) atoms. The first-order valence-electron chi connectivity index (χ1n) is 9.23. The number of nitrogens with one attached hydrogen (secondary N) is 2. The molecule has 1 aromatic heterocycles. The Morgan fingerprint density at radius 1 is 0.933 bits per heavy atom. The molecule has 0 unspecified atom stereocenters.